The maximum absolute atomic E-state index is 12.8. The summed E-state index contributed by atoms with van der Waals surface area (Å²) in [5.74, 6) is 0.282. The standard InChI is InChI=1S/C23H36N4O2/c1-17-7-5-10-21(20(17)4)24-22(28)15-25-11-13-26(14-12-25)16-23(29)27-18(2)8-6-9-19(27)3/h5,7,10,18-19H,6,8-9,11-16H2,1-4H3,(H,24,28)/t18-,19-/m0/s1. The van der Waals surface area contributed by atoms with Crippen molar-refractivity contribution < 1.29 is 9.59 Å². The Morgan fingerprint density at radius 3 is 2.17 bits per heavy atom. The van der Waals surface area contributed by atoms with Gasteiger partial charge in [-0.25, -0.2) is 0 Å². The van der Waals surface area contributed by atoms with Crippen molar-refractivity contribution in [2.24, 2.45) is 0 Å². The zero-order chi connectivity index (χ0) is 21.0. The zero-order valence-electron chi connectivity index (χ0n) is 18.4. The Labute approximate surface area is 175 Å². The predicted molar refractivity (Wildman–Crippen MR) is 117 cm³/mol. The van der Waals surface area contributed by atoms with Crippen LogP contribution < -0.4 is 5.32 Å². The van der Waals surface area contributed by atoms with E-state index >= 15 is 0 Å². The van der Waals surface area contributed by atoms with Crippen molar-refractivity contribution in [1.29, 1.82) is 0 Å². The quantitative estimate of drug-likeness (QED) is 0.826. The molecule has 2 atom stereocenters. The zero-order valence-corrected chi connectivity index (χ0v) is 18.4. The Balaban J connectivity index is 1.43. The normalized spacial score (nSPS) is 23.8. The van der Waals surface area contributed by atoms with E-state index in [-0.39, 0.29) is 11.8 Å². The van der Waals surface area contributed by atoms with Gasteiger partial charge in [0.1, 0.15) is 0 Å². The van der Waals surface area contributed by atoms with Crippen molar-refractivity contribution in [3.63, 3.8) is 0 Å². The fraction of sp³-hybridized carbons (Fsp3) is 0.652. The summed E-state index contributed by atoms with van der Waals surface area (Å²) in [6, 6.07) is 6.67. The van der Waals surface area contributed by atoms with E-state index in [4.69, 9.17) is 0 Å². The van der Waals surface area contributed by atoms with Crippen LogP contribution in [-0.4, -0.2) is 77.9 Å². The molecule has 0 aliphatic carbocycles. The van der Waals surface area contributed by atoms with Crippen LogP contribution in [0.1, 0.15) is 44.2 Å². The molecular weight excluding hydrogens is 364 g/mol. The van der Waals surface area contributed by atoms with Crippen LogP contribution in [0, 0.1) is 13.8 Å². The molecule has 2 amide bonds. The van der Waals surface area contributed by atoms with Gasteiger partial charge in [0, 0.05) is 44.0 Å². The van der Waals surface area contributed by atoms with E-state index in [1.54, 1.807) is 0 Å². The molecule has 3 rings (SSSR count). The maximum atomic E-state index is 12.8. The van der Waals surface area contributed by atoms with Gasteiger partial charge in [0.25, 0.3) is 0 Å². The molecule has 1 N–H and O–H groups in total. The Kier molecular flexibility index (Phi) is 7.30. The molecule has 0 radical (unpaired) electrons. The molecule has 29 heavy (non-hydrogen) atoms. The van der Waals surface area contributed by atoms with Gasteiger partial charge >= 0.3 is 0 Å². The van der Waals surface area contributed by atoms with Gasteiger partial charge in [-0.3, -0.25) is 19.4 Å². The monoisotopic (exact) mass is 400 g/mol. The molecule has 2 aliphatic heterocycles. The van der Waals surface area contributed by atoms with Crippen molar-refractivity contribution in [3.8, 4) is 0 Å². The third kappa shape index (κ3) is 5.58. The summed E-state index contributed by atoms with van der Waals surface area (Å²) in [5.41, 5.74) is 3.19. The fourth-order valence-electron chi connectivity index (χ4n) is 4.57. The molecule has 2 aliphatic rings. The van der Waals surface area contributed by atoms with Gasteiger partial charge in [-0.15, -0.1) is 0 Å². The van der Waals surface area contributed by atoms with Gasteiger partial charge in [-0.05, 0) is 64.2 Å². The lowest BCUT2D eigenvalue weighted by Gasteiger charge is -2.41. The van der Waals surface area contributed by atoms with Gasteiger partial charge in [0.2, 0.25) is 11.8 Å². The molecule has 2 saturated heterocycles. The summed E-state index contributed by atoms with van der Waals surface area (Å²) in [6.45, 7) is 12.6. The Morgan fingerprint density at radius 1 is 0.966 bits per heavy atom. The number of benzene rings is 1. The minimum atomic E-state index is 0.0270. The molecule has 2 fully saturated rings. The fourth-order valence-corrected chi connectivity index (χ4v) is 4.57. The maximum Gasteiger partial charge on any atom is 0.238 e. The summed E-state index contributed by atoms with van der Waals surface area (Å²) in [4.78, 5) is 31.8. The van der Waals surface area contributed by atoms with Crippen LogP contribution in [0.3, 0.4) is 0 Å². The molecule has 0 unspecified atom stereocenters. The highest BCUT2D eigenvalue weighted by molar-refractivity contribution is 5.93. The van der Waals surface area contributed by atoms with E-state index in [0.717, 1.165) is 50.3 Å². The number of anilines is 1. The van der Waals surface area contributed by atoms with Crippen LogP contribution in [0.5, 0.6) is 0 Å². The van der Waals surface area contributed by atoms with Crippen LogP contribution in [0.25, 0.3) is 0 Å². The number of hydrogen-bond donors (Lipinski definition) is 1. The average Bonchev–Trinajstić information content (AvgIpc) is 2.67. The number of piperidine rings is 1. The van der Waals surface area contributed by atoms with Crippen LogP contribution in [0.4, 0.5) is 5.69 Å². The SMILES string of the molecule is Cc1cccc(NC(=O)CN2CCN(CC(=O)N3[C@@H](C)CCC[C@@H]3C)CC2)c1C. The van der Waals surface area contributed by atoms with E-state index in [1.165, 1.54) is 12.0 Å². The number of aryl methyl sites for hydroxylation is 1. The first-order valence-corrected chi connectivity index (χ1v) is 11.0. The third-order valence-electron chi connectivity index (χ3n) is 6.55. The molecular formula is C23H36N4O2. The van der Waals surface area contributed by atoms with Gasteiger partial charge in [0.15, 0.2) is 0 Å². The van der Waals surface area contributed by atoms with E-state index < -0.39 is 0 Å². The number of piperazine rings is 1. The van der Waals surface area contributed by atoms with Crippen LogP contribution in [0.2, 0.25) is 0 Å². The topological polar surface area (TPSA) is 55.9 Å². The lowest BCUT2D eigenvalue weighted by atomic mass is 9.97. The molecule has 160 valence electrons. The lowest BCUT2D eigenvalue weighted by molar-refractivity contribution is -0.139. The van der Waals surface area contributed by atoms with Crippen molar-refractivity contribution in [2.45, 2.75) is 59.0 Å². The van der Waals surface area contributed by atoms with Crippen LogP contribution in [0.15, 0.2) is 18.2 Å². The minimum Gasteiger partial charge on any atom is -0.336 e. The number of amides is 2. The number of carbonyl (C=O) groups excluding carboxylic acids is 2. The van der Waals surface area contributed by atoms with Crippen molar-refractivity contribution in [2.75, 3.05) is 44.6 Å². The van der Waals surface area contributed by atoms with Crippen molar-refractivity contribution in [3.05, 3.63) is 29.3 Å². The number of rotatable bonds is 5. The first kappa shape index (κ1) is 21.8. The Morgan fingerprint density at radius 2 is 1.55 bits per heavy atom. The van der Waals surface area contributed by atoms with Gasteiger partial charge < -0.3 is 10.2 Å². The second-order valence-corrected chi connectivity index (χ2v) is 8.78. The van der Waals surface area contributed by atoms with E-state index in [1.807, 2.05) is 19.1 Å². The van der Waals surface area contributed by atoms with E-state index in [0.29, 0.717) is 25.2 Å². The van der Waals surface area contributed by atoms with E-state index in [2.05, 4.69) is 46.9 Å². The second-order valence-electron chi connectivity index (χ2n) is 8.78. The van der Waals surface area contributed by atoms with Crippen LogP contribution >= 0.6 is 0 Å². The highest BCUT2D eigenvalue weighted by Crippen LogP contribution is 2.23. The highest BCUT2D eigenvalue weighted by Gasteiger charge is 2.30. The first-order chi connectivity index (χ1) is 13.8. The predicted octanol–water partition coefficient (Wildman–Crippen LogP) is 2.65. The van der Waals surface area contributed by atoms with Crippen LogP contribution in [-0.2, 0) is 9.59 Å². The van der Waals surface area contributed by atoms with Crippen molar-refractivity contribution >= 4 is 17.5 Å². The highest BCUT2D eigenvalue weighted by atomic mass is 16.2. The second kappa shape index (κ2) is 9.72. The summed E-state index contributed by atoms with van der Waals surface area (Å²) in [7, 11) is 0. The molecule has 6 nitrogen and oxygen atoms in total. The minimum absolute atomic E-state index is 0.0270. The number of nitrogens with zero attached hydrogens (tertiary/aromatic N) is 3. The largest absolute Gasteiger partial charge is 0.336 e. The molecule has 2 heterocycles. The molecule has 6 heteroatoms. The number of hydrogen-bond acceptors (Lipinski definition) is 4. The lowest BCUT2D eigenvalue weighted by Crippen LogP contribution is -2.54. The summed E-state index contributed by atoms with van der Waals surface area (Å²) >= 11 is 0. The third-order valence-corrected chi connectivity index (χ3v) is 6.55. The van der Waals surface area contributed by atoms with Gasteiger partial charge in [-0.1, -0.05) is 12.1 Å². The Hall–Kier alpha value is -1.92. The average molecular weight is 401 g/mol. The number of nitrogens with one attached hydrogen (secondary N) is 1. The molecule has 0 bridgehead atoms. The molecule has 0 aromatic heterocycles. The Bertz CT molecular complexity index is 718. The van der Waals surface area contributed by atoms with Gasteiger partial charge in [0.05, 0.1) is 13.1 Å². The molecule has 0 spiro atoms. The van der Waals surface area contributed by atoms with Crippen molar-refractivity contribution in [1.82, 2.24) is 14.7 Å². The molecule has 1 aromatic carbocycles. The molecule has 0 saturated carbocycles. The first-order valence-electron chi connectivity index (χ1n) is 11.0. The summed E-state index contributed by atoms with van der Waals surface area (Å²) in [6.07, 6.45) is 3.44. The number of likely N-dealkylation sites (tertiary alicyclic amines) is 1. The summed E-state index contributed by atoms with van der Waals surface area (Å²) in [5, 5.41) is 3.04. The van der Waals surface area contributed by atoms with E-state index in [9.17, 15) is 9.59 Å². The summed E-state index contributed by atoms with van der Waals surface area (Å²) < 4.78 is 0. The molecule has 1 aromatic rings. The number of carbonyl (C=O) groups is 2. The van der Waals surface area contributed by atoms with Gasteiger partial charge in [-0.2, -0.15) is 0 Å². The smallest absolute Gasteiger partial charge is 0.238 e.